The molecular weight excluding hydrogens is 533 g/mol. The van der Waals surface area contributed by atoms with Crippen LogP contribution >= 0.6 is 0 Å². The van der Waals surface area contributed by atoms with Gasteiger partial charge in [0, 0.05) is 12.1 Å². The van der Waals surface area contributed by atoms with E-state index in [1.807, 2.05) is 0 Å². The molecule has 0 spiro atoms. The van der Waals surface area contributed by atoms with Crippen molar-refractivity contribution in [1.29, 1.82) is 0 Å². The van der Waals surface area contributed by atoms with Crippen LogP contribution in [0.4, 0.5) is 26.7 Å². The second-order valence-corrected chi connectivity index (χ2v) is 10.3. The molecule has 2 aliphatic rings. The second kappa shape index (κ2) is 11.0. The highest BCUT2D eigenvalue weighted by Gasteiger charge is 2.42. The summed E-state index contributed by atoms with van der Waals surface area (Å²) < 4.78 is 73.2. The van der Waals surface area contributed by atoms with Crippen molar-refractivity contribution in [3.05, 3.63) is 98.7 Å². The fourth-order valence-corrected chi connectivity index (χ4v) is 5.59. The van der Waals surface area contributed by atoms with Crippen molar-refractivity contribution in [3.63, 3.8) is 0 Å². The average Bonchev–Trinajstić information content (AvgIpc) is 2.92. The molecule has 1 amide bonds. The Morgan fingerprint density at radius 3 is 2.02 bits per heavy atom. The first-order valence-electron chi connectivity index (χ1n) is 13.2. The van der Waals surface area contributed by atoms with E-state index in [-0.39, 0.29) is 50.8 Å². The Balaban J connectivity index is 1.38. The number of fused-ring (bicyclic) bond motifs is 1. The second-order valence-electron chi connectivity index (χ2n) is 10.3. The van der Waals surface area contributed by atoms with Gasteiger partial charge in [0.2, 0.25) is 0 Å². The molecule has 1 saturated carbocycles. The summed E-state index contributed by atoms with van der Waals surface area (Å²) in [6.07, 6.45) is -5.11. The largest absolute Gasteiger partial charge is 0.446 e. The minimum Gasteiger partial charge on any atom is -0.446 e. The summed E-state index contributed by atoms with van der Waals surface area (Å²) in [5, 5.41) is 0. The zero-order chi connectivity index (χ0) is 28.6. The minimum absolute atomic E-state index is 0.0285. The van der Waals surface area contributed by atoms with Gasteiger partial charge in [0.25, 0.3) is 5.56 Å². The fraction of sp³-hybridized carbons (Fsp3) is 0.414. The van der Waals surface area contributed by atoms with E-state index in [9.17, 15) is 31.5 Å². The molecule has 1 aromatic heterocycles. The molecule has 40 heavy (non-hydrogen) atoms. The van der Waals surface area contributed by atoms with Crippen molar-refractivity contribution in [1.82, 2.24) is 14.5 Å². The molecule has 6 nitrogen and oxygen atoms in total. The van der Waals surface area contributed by atoms with E-state index in [0.29, 0.717) is 28.2 Å². The normalized spacial score (nSPS) is 19.4. The number of nitrogens with zero attached hydrogens (tertiary/aromatic N) is 3. The van der Waals surface area contributed by atoms with Crippen molar-refractivity contribution >= 4 is 6.09 Å². The smallest absolute Gasteiger partial charge is 0.410 e. The van der Waals surface area contributed by atoms with Gasteiger partial charge in [-0.2, -0.15) is 13.2 Å². The Labute approximate surface area is 227 Å². The van der Waals surface area contributed by atoms with Gasteiger partial charge >= 0.3 is 12.3 Å². The number of hydrogen-bond donors (Lipinski definition) is 0. The number of aryl methyl sites for hydroxylation is 1. The van der Waals surface area contributed by atoms with Crippen LogP contribution in [0, 0.1) is 24.5 Å². The molecule has 1 fully saturated rings. The summed E-state index contributed by atoms with van der Waals surface area (Å²) in [5.74, 6) is -1.89. The molecule has 3 aromatic rings. The van der Waals surface area contributed by atoms with Crippen LogP contribution in [-0.4, -0.2) is 39.4 Å². The van der Waals surface area contributed by atoms with Crippen LogP contribution in [0.15, 0.2) is 53.3 Å². The van der Waals surface area contributed by atoms with Crippen LogP contribution in [0.5, 0.6) is 0 Å². The molecule has 0 radical (unpaired) electrons. The molecule has 5 rings (SSSR count). The lowest BCUT2D eigenvalue weighted by Gasteiger charge is -2.33. The predicted octanol–water partition coefficient (Wildman–Crippen LogP) is 6.08. The summed E-state index contributed by atoms with van der Waals surface area (Å²) in [6, 6.07) is 10.7. The van der Waals surface area contributed by atoms with E-state index < -0.39 is 42.0 Å². The molecule has 2 aromatic carbocycles. The summed E-state index contributed by atoms with van der Waals surface area (Å²) in [4.78, 5) is 32.7. The molecule has 0 atom stereocenters. The maximum Gasteiger partial charge on any atom is 0.410 e. The highest BCUT2D eigenvalue weighted by atomic mass is 19.4. The van der Waals surface area contributed by atoms with Gasteiger partial charge in [0.1, 0.15) is 23.6 Å². The van der Waals surface area contributed by atoms with Crippen LogP contribution in [0.25, 0.3) is 0 Å². The van der Waals surface area contributed by atoms with E-state index >= 15 is 0 Å². The van der Waals surface area contributed by atoms with Crippen LogP contribution in [0.3, 0.4) is 0 Å². The standard InChI is InChI=1S/C29H28F5N3O3/c1-17-35-25-16-36(28(39)40-23-12-6-20(7-13-23)29(32,33)34)15-14-24(25)27(38)37(17)26(18-2-8-21(30)9-3-18)19-4-10-22(31)11-5-19/h2-5,8-11,20,23,26H,6-7,12-16H2,1H3. The number of benzene rings is 2. The molecular formula is C29H28F5N3O3. The van der Waals surface area contributed by atoms with Crippen molar-refractivity contribution in [2.24, 2.45) is 5.92 Å². The Bertz CT molecular complexity index is 1380. The zero-order valence-electron chi connectivity index (χ0n) is 21.8. The molecule has 1 aliphatic carbocycles. The number of halogens is 5. The molecule has 0 unspecified atom stereocenters. The lowest BCUT2D eigenvalue weighted by molar-refractivity contribution is -0.186. The number of rotatable bonds is 4. The fourth-order valence-electron chi connectivity index (χ4n) is 5.59. The van der Waals surface area contributed by atoms with Crippen molar-refractivity contribution in [3.8, 4) is 0 Å². The number of aromatic nitrogens is 2. The lowest BCUT2D eigenvalue weighted by Crippen LogP contribution is -2.43. The highest BCUT2D eigenvalue weighted by molar-refractivity contribution is 5.68. The van der Waals surface area contributed by atoms with Gasteiger partial charge in [-0.05, 0) is 74.4 Å². The quantitative estimate of drug-likeness (QED) is 0.362. The summed E-state index contributed by atoms with van der Waals surface area (Å²) >= 11 is 0. The maximum absolute atomic E-state index is 13.8. The molecule has 212 valence electrons. The lowest BCUT2D eigenvalue weighted by atomic mass is 9.87. The van der Waals surface area contributed by atoms with Crippen LogP contribution in [0.2, 0.25) is 0 Å². The highest BCUT2D eigenvalue weighted by Crippen LogP contribution is 2.38. The van der Waals surface area contributed by atoms with Gasteiger partial charge in [0.05, 0.1) is 24.2 Å². The first-order chi connectivity index (χ1) is 19.0. The minimum atomic E-state index is -4.24. The van der Waals surface area contributed by atoms with Crippen LogP contribution in [0.1, 0.15) is 59.9 Å². The SMILES string of the molecule is Cc1nc2c(c(=O)n1C(c1ccc(F)cc1)c1ccc(F)cc1)CCN(C(=O)OC1CCC(C(F)(F)F)CC1)C2. The predicted molar refractivity (Wildman–Crippen MR) is 136 cm³/mol. The van der Waals surface area contributed by atoms with Crippen molar-refractivity contribution < 1.29 is 31.5 Å². The topological polar surface area (TPSA) is 64.4 Å². The Hall–Kier alpha value is -3.76. The number of carbonyl (C=O) groups excluding carboxylic acids is 1. The van der Waals surface area contributed by atoms with Gasteiger partial charge in [-0.15, -0.1) is 0 Å². The van der Waals surface area contributed by atoms with E-state index in [2.05, 4.69) is 4.98 Å². The van der Waals surface area contributed by atoms with E-state index in [1.165, 1.54) is 33.7 Å². The molecule has 0 bridgehead atoms. The Morgan fingerprint density at radius 1 is 0.950 bits per heavy atom. The van der Waals surface area contributed by atoms with Crippen LogP contribution < -0.4 is 5.56 Å². The average molecular weight is 562 g/mol. The first-order valence-corrected chi connectivity index (χ1v) is 13.2. The van der Waals surface area contributed by atoms with Gasteiger partial charge in [-0.3, -0.25) is 9.36 Å². The van der Waals surface area contributed by atoms with E-state index in [0.717, 1.165) is 0 Å². The van der Waals surface area contributed by atoms with E-state index in [4.69, 9.17) is 4.74 Å². The van der Waals surface area contributed by atoms with E-state index in [1.54, 1.807) is 31.2 Å². The van der Waals surface area contributed by atoms with Crippen molar-refractivity contribution in [2.75, 3.05) is 6.54 Å². The molecule has 1 aliphatic heterocycles. The van der Waals surface area contributed by atoms with Crippen molar-refractivity contribution in [2.45, 2.75) is 63.9 Å². The Morgan fingerprint density at radius 2 is 1.50 bits per heavy atom. The monoisotopic (exact) mass is 561 g/mol. The van der Waals surface area contributed by atoms with Gasteiger partial charge < -0.3 is 9.64 Å². The first kappa shape index (κ1) is 27.8. The Kier molecular flexibility index (Phi) is 7.65. The van der Waals surface area contributed by atoms with Crippen LogP contribution in [-0.2, 0) is 17.7 Å². The number of ether oxygens (including phenoxy) is 1. The molecule has 0 saturated heterocycles. The third kappa shape index (κ3) is 5.73. The number of carbonyl (C=O) groups is 1. The van der Waals surface area contributed by atoms with Gasteiger partial charge in [0.15, 0.2) is 0 Å². The summed E-state index contributed by atoms with van der Waals surface area (Å²) in [5.41, 5.74) is 1.75. The number of hydrogen-bond acceptors (Lipinski definition) is 4. The maximum atomic E-state index is 13.8. The molecule has 11 heteroatoms. The third-order valence-electron chi connectivity index (χ3n) is 7.74. The van der Waals surface area contributed by atoms with Gasteiger partial charge in [-0.25, -0.2) is 18.6 Å². The number of alkyl halides is 3. The van der Waals surface area contributed by atoms with Gasteiger partial charge in [-0.1, -0.05) is 24.3 Å². The third-order valence-corrected chi connectivity index (χ3v) is 7.74. The summed E-state index contributed by atoms with van der Waals surface area (Å²) in [6.45, 7) is 1.86. The molecule has 2 heterocycles. The summed E-state index contributed by atoms with van der Waals surface area (Å²) in [7, 11) is 0. The molecule has 0 N–H and O–H groups in total. The zero-order valence-corrected chi connectivity index (χ0v) is 21.8. The number of amides is 1.